The zero-order valence-electron chi connectivity index (χ0n) is 10.2. The highest BCUT2D eigenvalue weighted by Crippen LogP contribution is 2.58. The summed E-state index contributed by atoms with van der Waals surface area (Å²) in [5, 5.41) is 0. The molecule has 3 aliphatic rings. The molecule has 90 valence electrons. The minimum atomic E-state index is -0.406. The van der Waals surface area contributed by atoms with Gasteiger partial charge in [0.05, 0.1) is 18.8 Å². The molecule has 0 aromatic carbocycles. The van der Waals surface area contributed by atoms with E-state index in [4.69, 9.17) is 9.47 Å². The molecule has 1 aliphatic carbocycles. The number of hydrogen-bond acceptors (Lipinski definition) is 3. The van der Waals surface area contributed by atoms with Crippen molar-refractivity contribution in [3.8, 4) is 0 Å². The van der Waals surface area contributed by atoms with Crippen molar-refractivity contribution in [2.75, 3.05) is 19.7 Å². The van der Waals surface area contributed by atoms with Gasteiger partial charge in [-0.15, -0.1) is 0 Å². The summed E-state index contributed by atoms with van der Waals surface area (Å²) in [5.74, 6) is 1.25. The summed E-state index contributed by atoms with van der Waals surface area (Å²) in [6.07, 6.45) is 1.03. The van der Waals surface area contributed by atoms with E-state index < -0.39 is 5.60 Å². The van der Waals surface area contributed by atoms with Crippen LogP contribution in [0, 0.1) is 11.8 Å². The van der Waals surface area contributed by atoms with E-state index in [1.807, 2.05) is 25.7 Å². The maximum absolute atomic E-state index is 11.9. The van der Waals surface area contributed by atoms with Gasteiger partial charge in [0.1, 0.15) is 5.60 Å². The van der Waals surface area contributed by atoms with Crippen LogP contribution in [0.4, 0.5) is 4.79 Å². The fourth-order valence-electron chi connectivity index (χ4n) is 3.14. The first-order valence-electron chi connectivity index (χ1n) is 6.03. The maximum atomic E-state index is 11.9. The lowest BCUT2D eigenvalue weighted by atomic mass is 9.59. The van der Waals surface area contributed by atoms with Crippen LogP contribution in [0.1, 0.15) is 27.2 Å². The molecule has 0 N–H and O–H groups in total. The molecule has 2 heterocycles. The molecule has 3 unspecified atom stereocenters. The molecule has 1 spiro atoms. The fourth-order valence-corrected chi connectivity index (χ4v) is 3.14. The topological polar surface area (TPSA) is 38.8 Å². The molecule has 3 fully saturated rings. The Bertz CT molecular complexity index is 336. The number of rotatable bonds is 0. The average Bonchev–Trinajstić information content (AvgIpc) is 2.49. The largest absolute Gasteiger partial charge is 0.444 e. The third kappa shape index (κ3) is 1.29. The van der Waals surface area contributed by atoms with Gasteiger partial charge >= 0.3 is 6.09 Å². The molecule has 0 aromatic rings. The molecule has 3 rings (SSSR count). The normalized spacial score (nSPS) is 40.6. The molecule has 0 bridgehead atoms. The molecule has 3 atom stereocenters. The van der Waals surface area contributed by atoms with Crippen molar-refractivity contribution in [2.24, 2.45) is 11.8 Å². The smallest absolute Gasteiger partial charge is 0.410 e. The predicted molar refractivity (Wildman–Crippen MR) is 58.1 cm³/mol. The highest BCUT2D eigenvalue weighted by molar-refractivity contribution is 5.69. The average molecular weight is 225 g/mol. The van der Waals surface area contributed by atoms with Crippen molar-refractivity contribution < 1.29 is 14.3 Å². The van der Waals surface area contributed by atoms with Gasteiger partial charge < -0.3 is 14.4 Å². The quantitative estimate of drug-likeness (QED) is 0.629. The second kappa shape index (κ2) is 2.92. The highest BCUT2D eigenvalue weighted by atomic mass is 16.6. The summed E-state index contributed by atoms with van der Waals surface area (Å²) in [5.41, 5.74) is -0.382. The third-order valence-corrected chi connectivity index (χ3v) is 4.03. The molecule has 16 heavy (non-hydrogen) atoms. The van der Waals surface area contributed by atoms with Crippen LogP contribution in [0.3, 0.4) is 0 Å². The van der Waals surface area contributed by atoms with Crippen LogP contribution >= 0.6 is 0 Å². The van der Waals surface area contributed by atoms with E-state index in [0.717, 1.165) is 19.7 Å². The van der Waals surface area contributed by atoms with E-state index in [2.05, 4.69) is 0 Å². The minimum absolute atomic E-state index is 0.0247. The van der Waals surface area contributed by atoms with Gasteiger partial charge in [-0.2, -0.15) is 0 Å². The Balaban J connectivity index is 1.64. The standard InChI is InChI=1S/C12H19NO3/c1-11(2,3)16-10(14)13-5-8-4-9-6-15-12(8,9)7-13/h8-9H,4-7H2,1-3H3. The number of carbonyl (C=O) groups is 1. The lowest BCUT2D eigenvalue weighted by molar-refractivity contribution is -0.278. The van der Waals surface area contributed by atoms with Crippen LogP contribution in [0.2, 0.25) is 0 Å². The molecule has 4 nitrogen and oxygen atoms in total. The summed E-state index contributed by atoms with van der Waals surface area (Å²) < 4.78 is 11.1. The molecule has 1 amide bonds. The molecular formula is C12H19NO3. The zero-order valence-corrected chi connectivity index (χ0v) is 10.2. The Morgan fingerprint density at radius 2 is 2.19 bits per heavy atom. The zero-order chi connectivity index (χ0) is 11.6. The summed E-state index contributed by atoms with van der Waals surface area (Å²) in [7, 11) is 0. The SMILES string of the molecule is CC(C)(C)OC(=O)N1CC2CC3COC32C1. The number of nitrogens with zero attached hydrogens (tertiary/aromatic N) is 1. The van der Waals surface area contributed by atoms with Crippen molar-refractivity contribution in [1.29, 1.82) is 0 Å². The summed E-state index contributed by atoms with van der Waals surface area (Å²) >= 11 is 0. The van der Waals surface area contributed by atoms with Crippen LogP contribution in [0.15, 0.2) is 0 Å². The van der Waals surface area contributed by atoms with Gasteiger partial charge in [0.25, 0.3) is 0 Å². The van der Waals surface area contributed by atoms with Gasteiger partial charge in [-0.05, 0) is 27.2 Å². The van der Waals surface area contributed by atoms with E-state index in [0.29, 0.717) is 11.8 Å². The van der Waals surface area contributed by atoms with E-state index in [-0.39, 0.29) is 11.7 Å². The molecule has 2 saturated heterocycles. The molecule has 2 aliphatic heterocycles. The number of hydrogen-bond donors (Lipinski definition) is 0. The Morgan fingerprint density at radius 1 is 1.44 bits per heavy atom. The van der Waals surface area contributed by atoms with Crippen LogP contribution in [0.25, 0.3) is 0 Å². The second-order valence-electron chi connectivity index (χ2n) is 6.26. The van der Waals surface area contributed by atoms with Gasteiger partial charge in [-0.1, -0.05) is 0 Å². The van der Waals surface area contributed by atoms with Crippen LogP contribution in [-0.2, 0) is 9.47 Å². The summed E-state index contributed by atoms with van der Waals surface area (Å²) in [6.45, 7) is 8.13. The number of carbonyl (C=O) groups excluding carboxylic acids is 1. The van der Waals surface area contributed by atoms with Crippen molar-refractivity contribution in [2.45, 2.75) is 38.4 Å². The lowest BCUT2D eigenvalue weighted by Crippen LogP contribution is -2.67. The van der Waals surface area contributed by atoms with Crippen molar-refractivity contribution in [3.63, 3.8) is 0 Å². The van der Waals surface area contributed by atoms with E-state index >= 15 is 0 Å². The first kappa shape index (κ1) is 10.4. The fraction of sp³-hybridized carbons (Fsp3) is 0.917. The van der Waals surface area contributed by atoms with Crippen LogP contribution < -0.4 is 0 Å². The predicted octanol–water partition coefficient (Wildman–Crippen LogP) is 1.64. The monoisotopic (exact) mass is 225 g/mol. The van der Waals surface area contributed by atoms with Crippen molar-refractivity contribution >= 4 is 6.09 Å². The molecule has 4 heteroatoms. The van der Waals surface area contributed by atoms with Gasteiger partial charge in [0.2, 0.25) is 0 Å². The van der Waals surface area contributed by atoms with Crippen molar-refractivity contribution in [1.82, 2.24) is 4.90 Å². The molecular weight excluding hydrogens is 206 g/mol. The van der Waals surface area contributed by atoms with Crippen LogP contribution in [0.5, 0.6) is 0 Å². The van der Waals surface area contributed by atoms with Gasteiger partial charge in [0.15, 0.2) is 0 Å². The Kier molecular flexibility index (Phi) is 1.89. The van der Waals surface area contributed by atoms with Gasteiger partial charge in [-0.25, -0.2) is 4.79 Å². The minimum Gasteiger partial charge on any atom is -0.444 e. The van der Waals surface area contributed by atoms with Gasteiger partial charge in [-0.3, -0.25) is 0 Å². The molecule has 0 radical (unpaired) electrons. The third-order valence-electron chi connectivity index (χ3n) is 4.03. The first-order chi connectivity index (χ1) is 7.41. The first-order valence-corrected chi connectivity index (χ1v) is 6.03. The second-order valence-corrected chi connectivity index (χ2v) is 6.26. The van der Waals surface area contributed by atoms with E-state index in [9.17, 15) is 4.79 Å². The Labute approximate surface area is 95.9 Å². The van der Waals surface area contributed by atoms with E-state index in [1.165, 1.54) is 6.42 Å². The number of likely N-dealkylation sites (tertiary alicyclic amines) is 1. The van der Waals surface area contributed by atoms with Gasteiger partial charge in [0, 0.05) is 18.4 Å². The maximum Gasteiger partial charge on any atom is 0.410 e. The number of amides is 1. The molecule has 1 saturated carbocycles. The van der Waals surface area contributed by atoms with E-state index in [1.54, 1.807) is 0 Å². The Hall–Kier alpha value is -0.770. The Morgan fingerprint density at radius 3 is 2.62 bits per heavy atom. The highest BCUT2D eigenvalue weighted by Gasteiger charge is 2.67. The summed E-state index contributed by atoms with van der Waals surface area (Å²) in [6, 6.07) is 0. The molecule has 0 aromatic heterocycles. The van der Waals surface area contributed by atoms with Crippen LogP contribution in [-0.4, -0.2) is 41.9 Å². The van der Waals surface area contributed by atoms with Crippen molar-refractivity contribution in [3.05, 3.63) is 0 Å². The summed E-state index contributed by atoms with van der Waals surface area (Å²) in [4.78, 5) is 13.7. The lowest BCUT2D eigenvalue weighted by Gasteiger charge is -2.59. The number of ether oxygens (including phenoxy) is 2.